The lowest BCUT2D eigenvalue weighted by molar-refractivity contribution is -0.129. The van der Waals surface area contributed by atoms with Crippen molar-refractivity contribution in [3.05, 3.63) is 124 Å². The van der Waals surface area contributed by atoms with E-state index < -0.39 is 5.41 Å². The van der Waals surface area contributed by atoms with E-state index in [2.05, 4.69) is 9.88 Å². The molecule has 1 fully saturated rings. The zero-order valence-electron chi connectivity index (χ0n) is 22.7. The van der Waals surface area contributed by atoms with Gasteiger partial charge in [-0.05, 0) is 75.1 Å². The summed E-state index contributed by atoms with van der Waals surface area (Å²) in [4.78, 5) is 29.5. The van der Waals surface area contributed by atoms with Crippen LogP contribution in [0.5, 0.6) is 0 Å². The topological polar surface area (TPSA) is 54.3 Å². The molecule has 4 aromatic rings. The Morgan fingerprint density at radius 1 is 0.872 bits per heavy atom. The second-order valence-electron chi connectivity index (χ2n) is 10.4. The molecule has 0 aliphatic carbocycles. The number of amides is 2. The summed E-state index contributed by atoms with van der Waals surface area (Å²) in [6.45, 7) is 7.01. The number of aryl methyl sites for hydroxylation is 1. The first-order valence-electron chi connectivity index (χ1n) is 13.5. The molecule has 1 N–H and O–H groups in total. The van der Waals surface area contributed by atoms with Crippen molar-refractivity contribution < 1.29 is 9.59 Å². The molecular formula is C33H34ClN3O2. The zero-order valence-corrected chi connectivity index (χ0v) is 23.4. The van der Waals surface area contributed by atoms with Crippen LogP contribution < -0.4 is 5.32 Å². The normalized spacial score (nSPS) is 15.5. The van der Waals surface area contributed by atoms with Gasteiger partial charge in [0.15, 0.2) is 0 Å². The van der Waals surface area contributed by atoms with Crippen LogP contribution in [0.1, 0.15) is 58.7 Å². The van der Waals surface area contributed by atoms with E-state index in [-0.39, 0.29) is 17.9 Å². The fraction of sp³-hybridized carbons (Fsp3) is 0.273. The summed E-state index contributed by atoms with van der Waals surface area (Å²) in [5, 5.41) is 3.94. The summed E-state index contributed by atoms with van der Waals surface area (Å²) in [7, 11) is 0. The maximum atomic E-state index is 13.9. The second-order valence-corrected chi connectivity index (χ2v) is 10.9. The summed E-state index contributed by atoms with van der Waals surface area (Å²) in [6, 6.07) is 29.5. The van der Waals surface area contributed by atoms with Crippen molar-refractivity contribution in [1.82, 2.24) is 14.8 Å². The Balaban J connectivity index is 1.37. The van der Waals surface area contributed by atoms with Crippen LogP contribution >= 0.6 is 11.6 Å². The molecule has 0 saturated carbocycles. The number of carbonyl (C=O) groups is 2. The first-order chi connectivity index (χ1) is 18.8. The van der Waals surface area contributed by atoms with Gasteiger partial charge in [-0.15, -0.1) is 0 Å². The number of aromatic nitrogens is 1. The van der Waals surface area contributed by atoms with Crippen LogP contribution in [0.2, 0.25) is 5.02 Å². The summed E-state index contributed by atoms with van der Waals surface area (Å²) >= 11 is 6.09. The molecule has 0 spiro atoms. The lowest BCUT2D eigenvalue weighted by atomic mass is 9.71. The van der Waals surface area contributed by atoms with E-state index in [1.165, 1.54) is 0 Å². The number of likely N-dealkylation sites (tertiary alicyclic amines) is 1. The third-order valence-electron chi connectivity index (χ3n) is 8.06. The van der Waals surface area contributed by atoms with Gasteiger partial charge in [0.1, 0.15) is 0 Å². The average molecular weight is 540 g/mol. The lowest BCUT2D eigenvalue weighted by Crippen LogP contribution is -2.53. The number of nitrogens with one attached hydrogen (secondary N) is 1. The molecule has 2 heterocycles. The standard InChI is InChI=1S/C33H34ClN3O2/c1-23-22-30(25(3)37(23)29-16-14-28(34)15-17-29)31(38)36-20-18-33(19-21-36,27-12-8-5-9-13-27)32(39)35-24(2)26-10-6-4-7-11-26/h4-17,22,24H,18-21H2,1-3H3,(H,35,39)/t24-/m0/s1. The van der Waals surface area contributed by atoms with Gasteiger partial charge in [-0.2, -0.15) is 0 Å². The van der Waals surface area contributed by atoms with Gasteiger partial charge in [-0.25, -0.2) is 0 Å². The van der Waals surface area contributed by atoms with E-state index in [0.29, 0.717) is 36.5 Å². The van der Waals surface area contributed by atoms with Crippen LogP contribution in [0, 0.1) is 13.8 Å². The van der Waals surface area contributed by atoms with E-state index in [9.17, 15) is 9.59 Å². The van der Waals surface area contributed by atoms with Crippen LogP contribution in [-0.2, 0) is 10.2 Å². The molecule has 6 heteroatoms. The molecule has 0 unspecified atom stereocenters. The van der Waals surface area contributed by atoms with Crippen molar-refractivity contribution in [3.8, 4) is 5.69 Å². The van der Waals surface area contributed by atoms with Crippen molar-refractivity contribution in [1.29, 1.82) is 0 Å². The van der Waals surface area contributed by atoms with Gasteiger partial charge in [0, 0.05) is 35.2 Å². The van der Waals surface area contributed by atoms with Gasteiger partial charge < -0.3 is 14.8 Å². The molecule has 2 amide bonds. The number of hydrogen-bond acceptors (Lipinski definition) is 2. The Morgan fingerprint density at radius 2 is 1.46 bits per heavy atom. The summed E-state index contributed by atoms with van der Waals surface area (Å²) in [5.41, 5.74) is 4.92. The molecule has 1 aromatic heterocycles. The van der Waals surface area contributed by atoms with Gasteiger partial charge in [-0.1, -0.05) is 72.3 Å². The maximum absolute atomic E-state index is 13.9. The number of hydrogen-bond donors (Lipinski definition) is 1. The van der Waals surface area contributed by atoms with Crippen LogP contribution in [0.15, 0.2) is 91.0 Å². The highest BCUT2D eigenvalue weighted by Crippen LogP contribution is 2.37. The van der Waals surface area contributed by atoms with Gasteiger partial charge in [0.2, 0.25) is 5.91 Å². The van der Waals surface area contributed by atoms with E-state index in [4.69, 9.17) is 11.6 Å². The van der Waals surface area contributed by atoms with E-state index >= 15 is 0 Å². The molecule has 200 valence electrons. The van der Waals surface area contributed by atoms with Gasteiger partial charge in [0.05, 0.1) is 17.0 Å². The van der Waals surface area contributed by atoms with Gasteiger partial charge >= 0.3 is 0 Å². The Bertz CT molecular complexity index is 1450. The number of piperidine rings is 1. The van der Waals surface area contributed by atoms with Crippen LogP contribution in [0.3, 0.4) is 0 Å². The Kier molecular flexibility index (Phi) is 7.62. The molecule has 39 heavy (non-hydrogen) atoms. The molecule has 0 radical (unpaired) electrons. The molecule has 5 rings (SSSR count). The predicted molar refractivity (Wildman–Crippen MR) is 157 cm³/mol. The highest BCUT2D eigenvalue weighted by atomic mass is 35.5. The molecule has 3 aromatic carbocycles. The van der Waals surface area contributed by atoms with Crippen LogP contribution in [-0.4, -0.2) is 34.4 Å². The smallest absolute Gasteiger partial charge is 0.255 e. The Morgan fingerprint density at radius 3 is 2.08 bits per heavy atom. The molecule has 1 saturated heterocycles. The number of halogens is 1. The minimum atomic E-state index is -0.693. The minimum absolute atomic E-state index is 0.00281. The summed E-state index contributed by atoms with van der Waals surface area (Å²) in [6.07, 6.45) is 1.12. The molecule has 1 atom stereocenters. The fourth-order valence-electron chi connectivity index (χ4n) is 5.79. The number of nitrogens with zero attached hydrogens (tertiary/aromatic N) is 2. The lowest BCUT2D eigenvalue weighted by Gasteiger charge is -2.41. The molecule has 5 nitrogen and oxygen atoms in total. The van der Waals surface area contributed by atoms with Crippen molar-refractivity contribution in [2.24, 2.45) is 0 Å². The monoisotopic (exact) mass is 539 g/mol. The fourth-order valence-corrected chi connectivity index (χ4v) is 5.92. The van der Waals surface area contributed by atoms with Crippen molar-refractivity contribution in [2.75, 3.05) is 13.1 Å². The largest absolute Gasteiger partial charge is 0.349 e. The number of benzene rings is 3. The molecule has 1 aliphatic heterocycles. The second kappa shape index (κ2) is 11.1. The Hall–Kier alpha value is -3.83. The van der Waals surface area contributed by atoms with E-state index in [0.717, 1.165) is 28.2 Å². The zero-order chi connectivity index (χ0) is 27.6. The molecule has 0 bridgehead atoms. The maximum Gasteiger partial charge on any atom is 0.255 e. The van der Waals surface area contributed by atoms with Gasteiger partial charge in [0.25, 0.3) is 5.91 Å². The minimum Gasteiger partial charge on any atom is -0.349 e. The highest BCUT2D eigenvalue weighted by Gasteiger charge is 2.44. The first kappa shape index (κ1) is 26.8. The van der Waals surface area contributed by atoms with Crippen LogP contribution in [0.4, 0.5) is 0 Å². The van der Waals surface area contributed by atoms with Crippen molar-refractivity contribution >= 4 is 23.4 Å². The third kappa shape index (κ3) is 5.24. The van der Waals surface area contributed by atoms with E-state index in [1.807, 2.05) is 117 Å². The quantitative estimate of drug-likeness (QED) is 0.293. The molecule has 1 aliphatic rings. The van der Waals surface area contributed by atoms with Crippen molar-refractivity contribution in [3.63, 3.8) is 0 Å². The van der Waals surface area contributed by atoms with Crippen molar-refractivity contribution in [2.45, 2.75) is 45.1 Å². The Labute approximate surface area is 235 Å². The SMILES string of the molecule is Cc1cc(C(=O)N2CCC(C(=O)N[C@@H](C)c3ccccc3)(c3ccccc3)CC2)c(C)n1-c1ccc(Cl)cc1. The number of rotatable bonds is 6. The predicted octanol–water partition coefficient (Wildman–Crippen LogP) is 6.80. The summed E-state index contributed by atoms with van der Waals surface area (Å²) < 4.78 is 2.08. The van der Waals surface area contributed by atoms with Crippen LogP contribution in [0.25, 0.3) is 5.69 Å². The number of carbonyl (C=O) groups excluding carboxylic acids is 2. The van der Waals surface area contributed by atoms with Gasteiger partial charge in [-0.3, -0.25) is 9.59 Å². The average Bonchev–Trinajstić information content (AvgIpc) is 3.27. The third-order valence-corrected chi connectivity index (χ3v) is 8.31. The first-order valence-corrected chi connectivity index (χ1v) is 13.8. The summed E-state index contributed by atoms with van der Waals surface area (Å²) in [5.74, 6) is 0.0149. The molecular weight excluding hydrogens is 506 g/mol. The van der Waals surface area contributed by atoms with E-state index in [1.54, 1.807) is 0 Å². The highest BCUT2D eigenvalue weighted by molar-refractivity contribution is 6.30.